The zero-order valence-electron chi connectivity index (χ0n) is 9.78. The van der Waals surface area contributed by atoms with Crippen molar-refractivity contribution in [3.8, 4) is 5.75 Å². The lowest BCUT2D eigenvalue weighted by Gasteiger charge is -2.40. The van der Waals surface area contributed by atoms with Crippen molar-refractivity contribution in [3.05, 3.63) is 60.2 Å². The Balaban J connectivity index is 1.90. The van der Waals surface area contributed by atoms with Crippen molar-refractivity contribution < 1.29 is 9.90 Å². The maximum atomic E-state index is 11.8. The minimum atomic E-state index is 0.0838. The van der Waals surface area contributed by atoms with Gasteiger partial charge in [0.1, 0.15) is 5.75 Å². The van der Waals surface area contributed by atoms with E-state index < -0.39 is 0 Å². The van der Waals surface area contributed by atoms with Crippen LogP contribution in [0.1, 0.15) is 18.0 Å². The van der Waals surface area contributed by atoms with E-state index >= 15 is 0 Å². The van der Waals surface area contributed by atoms with Crippen molar-refractivity contribution in [1.29, 1.82) is 0 Å². The molecular formula is C15H13NO2. The highest BCUT2D eigenvalue weighted by Crippen LogP contribution is 2.38. The molecule has 2 aromatic rings. The van der Waals surface area contributed by atoms with Gasteiger partial charge in [0, 0.05) is 5.69 Å². The van der Waals surface area contributed by atoms with Gasteiger partial charge in [-0.2, -0.15) is 0 Å². The average molecular weight is 239 g/mol. The number of carbonyl (C=O) groups excluding carboxylic acids is 1. The summed E-state index contributed by atoms with van der Waals surface area (Å²) in [5.41, 5.74) is 1.98. The lowest BCUT2D eigenvalue weighted by atomic mass is 9.93. The average Bonchev–Trinajstić information content (AvgIpc) is 2.38. The second-order valence-electron chi connectivity index (χ2n) is 4.41. The topological polar surface area (TPSA) is 40.5 Å². The number of phenols is 1. The lowest BCUT2D eigenvalue weighted by molar-refractivity contribution is -0.124. The standard InChI is InChI=1S/C15H13NO2/c17-13-8-6-11(7-9-13)14-10-15(18)16(14)12-4-2-1-3-5-12/h1-9,14,17H,10H2/t14-/m0/s1. The number of amides is 1. The van der Waals surface area contributed by atoms with Crippen LogP contribution in [0, 0.1) is 0 Å². The molecule has 1 fully saturated rings. The fraction of sp³-hybridized carbons (Fsp3) is 0.133. The van der Waals surface area contributed by atoms with Crippen molar-refractivity contribution in [2.45, 2.75) is 12.5 Å². The SMILES string of the molecule is O=C1C[C@@H](c2ccc(O)cc2)N1c1ccccc1. The second-order valence-corrected chi connectivity index (χ2v) is 4.41. The monoisotopic (exact) mass is 239 g/mol. The summed E-state index contributed by atoms with van der Waals surface area (Å²) in [7, 11) is 0. The van der Waals surface area contributed by atoms with Crippen LogP contribution in [-0.4, -0.2) is 11.0 Å². The number of para-hydroxylation sites is 1. The molecule has 1 aliphatic heterocycles. The summed E-state index contributed by atoms with van der Waals surface area (Å²) in [5.74, 6) is 0.384. The maximum absolute atomic E-state index is 11.8. The molecule has 0 aliphatic carbocycles. The van der Waals surface area contributed by atoms with E-state index in [1.165, 1.54) is 0 Å². The third-order valence-electron chi connectivity index (χ3n) is 3.26. The number of anilines is 1. The van der Waals surface area contributed by atoms with Gasteiger partial charge in [-0.1, -0.05) is 30.3 Å². The number of nitrogens with zero attached hydrogens (tertiary/aromatic N) is 1. The Bertz CT molecular complexity index is 563. The molecule has 0 spiro atoms. The lowest BCUT2D eigenvalue weighted by Crippen LogP contribution is -2.46. The zero-order chi connectivity index (χ0) is 12.5. The van der Waals surface area contributed by atoms with E-state index in [0.29, 0.717) is 6.42 Å². The van der Waals surface area contributed by atoms with E-state index in [1.54, 1.807) is 17.0 Å². The van der Waals surface area contributed by atoms with Crippen LogP contribution in [0.25, 0.3) is 0 Å². The van der Waals surface area contributed by atoms with Crippen LogP contribution >= 0.6 is 0 Å². The number of aromatic hydroxyl groups is 1. The summed E-state index contributed by atoms with van der Waals surface area (Å²) in [6.45, 7) is 0. The van der Waals surface area contributed by atoms with Crippen LogP contribution in [0.3, 0.4) is 0 Å². The summed E-state index contributed by atoms with van der Waals surface area (Å²) in [4.78, 5) is 13.6. The van der Waals surface area contributed by atoms with E-state index in [9.17, 15) is 9.90 Å². The molecular weight excluding hydrogens is 226 g/mol. The van der Waals surface area contributed by atoms with Gasteiger partial charge in [-0.05, 0) is 29.8 Å². The molecule has 90 valence electrons. The predicted molar refractivity (Wildman–Crippen MR) is 69.4 cm³/mol. The van der Waals surface area contributed by atoms with Crippen molar-refractivity contribution in [2.75, 3.05) is 4.90 Å². The Kier molecular flexibility index (Phi) is 2.52. The molecule has 3 rings (SSSR count). The van der Waals surface area contributed by atoms with Crippen LogP contribution in [0.4, 0.5) is 5.69 Å². The van der Waals surface area contributed by atoms with Gasteiger partial charge in [0.05, 0.1) is 12.5 Å². The van der Waals surface area contributed by atoms with Gasteiger partial charge < -0.3 is 10.0 Å². The summed E-state index contributed by atoms with van der Waals surface area (Å²) >= 11 is 0. The van der Waals surface area contributed by atoms with E-state index in [0.717, 1.165) is 11.3 Å². The molecule has 1 aliphatic rings. The molecule has 3 nitrogen and oxygen atoms in total. The third kappa shape index (κ3) is 1.74. The minimum Gasteiger partial charge on any atom is -0.508 e. The highest BCUT2D eigenvalue weighted by molar-refractivity contribution is 6.01. The Morgan fingerprint density at radius 2 is 1.67 bits per heavy atom. The molecule has 1 heterocycles. The van der Waals surface area contributed by atoms with Gasteiger partial charge in [-0.25, -0.2) is 0 Å². The van der Waals surface area contributed by atoms with E-state index in [-0.39, 0.29) is 17.7 Å². The molecule has 1 N–H and O–H groups in total. The summed E-state index contributed by atoms with van der Waals surface area (Å²) in [6.07, 6.45) is 0.527. The van der Waals surface area contributed by atoms with Crippen LogP contribution in [0.5, 0.6) is 5.75 Å². The van der Waals surface area contributed by atoms with Gasteiger partial charge in [-0.3, -0.25) is 4.79 Å². The van der Waals surface area contributed by atoms with Gasteiger partial charge in [0.25, 0.3) is 0 Å². The Morgan fingerprint density at radius 1 is 1.00 bits per heavy atom. The van der Waals surface area contributed by atoms with Crippen molar-refractivity contribution >= 4 is 11.6 Å². The first-order valence-corrected chi connectivity index (χ1v) is 5.92. The normalized spacial score (nSPS) is 18.6. The first-order valence-electron chi connectivity index (χ1n) is 5.92. The molecule has 3 heteroatoms. The second kappa shape index (κ2) is 4.18. The quantitative estimate of drug-likeness (QED) is 0.818. The molecule has 0 unspecified atom stereocenters. The van der Waals surface area contributed by atoms with Gasteiger partial charge in [0.15, 0.2) is 0 Å². The minimum absolute atomic E-state index is 0.0838. The van der Waals surface area contributed by atoms with E-state index in [4.69, 9.17) is 0 Å². The van der Waals surface area contributed by atoms with Gasteiger partial charge in [-0.15, -0.1) is 0 Å². The zero-order valence-corrected chi connectivity index (χ0v) is 9.78. The van der Waals surface area contributed by atoms with Crippen molar-refractivity contribution in [3.63, 3.8) is 0 Å². The molecule has 18 heavy (non-hydrogen) atoms. The summed E-state index contributed by atoms with van der Waals surface area (Å²) in [5, 5.41) is 9.28. The Labute approximate surface area is 105 Å². The van der Waals surface area contributed by atoms with Gasteiger partial charge >= 0.3 is 0 Å². The highest BCUT2D eigenvalue weighted by atomic mass is 16.3. The molecule has 0 bridgehead atoms. The maximum Gasteiger partial charge on any atom is 0.230 e. The van der Waals surface area contributed by atoms with Crippen molar-refractivity contribution in [1.82, 2.24) is 0 Å². The molecule has 2 aromatic carbocycles. The third-order valence-corrected chi connectivity index (χ3v) is 3.26. The first-order chi connectivity index (χ1) is 8.75. The van der Waals surface area contributed by atoms with Gasteiger partial charge in [0.2, 0.25) is 5.91 Å². The molecule has 0 saturated carbocycles. The van der Waals surface area contributed by atoms with E-state index in [2.05, 4.69) is 0 Å². The molecule has 0 aromatic heterocycles. The fourth-order valence-corrected chi connectivity index (χ4v) is 2.29. The Hall–Kier alpha value is -2.29. The number of phenolic OH excluding ortho intramolecular Hbond substituents is 1. The van der Waals surface area contributed by atoms with Crippen molar-refractivity contribution in [2.24, 2.45) is 0 Å². The molecule has 0 radical (unpaired) electrons. The fourth-order valence-electron chi connectivity index (χ4n) is 2.29. The van der Waals surface area contributed by atoms with Crippen LogP contribution in [0.15, 0.2) is 54.6 Å². The van der Waals surface area contributed by atoms with Crippen LogP contribution < -0.4 is 4.90 Å². The molecule has 1 atom stereocenters. The number of rotatable bonds is 2. The Morgan fingerprint density at radius 3 is 2.28 bits per heavy atom. The molecule has 1 saturated heterocycles. The first kappa shape index (κ1) is 10.8. The number of β-lactam (4-membered cyclic amide) rings is 1. The largest absolute Gasteiger partial charge is 0.508 e. The summed E-state index contributed by atoms with van der Waals surface area (Å²) < 4.78 is 0. The summed E-state index contributed by atoms with van der Waals surface area (Å²) in [6, 6.07) is 16.8. The smallest absolute Gasteiger partial charge is 0.230 e. The highest BCUT2D eigenvalue weighted by Gasteiger charge is 2.37. The predicted octanol–water partition coefficient (Wildman–Crippen LogP) is 2.87. The number of carbonyl (C=O) groups is 1. The number of hydrogen-bond acceptors (Lipinski definition) is 2. The van der Waals surface area contributed by atoms with E-state index in [1.807, 2.05) is 42.5 Å². The van der Waals surface area contributed by atoms with Crippen LogP contribution in [-0.2, 0) is 4.79 Å². The number of hydrogen-bond donors (Lipinski definition) is 1. The number of benzene rings is 2. The molecule has 1 amide bonds. The van der Waals surface area contributed by atoms with Crippen LogP contribution in [0.2, 0.25) is 0 Å².